The van der Waals surface area contributed by atoms with Crippen LogP contribution in [0.5, 0.6) is 0 Å². The fourth-order valence-electron chi connectivity index (χ4n) is 3.94. The molecule has 0 atom stereocenters. The van der Waals surface area contributed by atoms with E-state index in [2.05, 4.69) is 22.1 Å². The highest BCUT2D eigenvalue weighted by Crippen LogP contribution is 2.33. The van der Waals surface area contributed by atoms with Gasteiger partial charge in [-0.25, -0.2) is 4.98 Å². The van der Waals surface area contributed by atoms with Crippen molar-refractivity contribution in [3.8, 4) is 11.8 Å². The monoisotopic (exact) mass is 459 g/mol. The number of rotatable bonds is 4. The fourth-order valence-corrected chi connectivity index (χ4v) is 5.73. The van der Waals surface area contributed by atoms with Gasteiger partial charge >= 0.3 is 0 Å². The highest BCUT2D eigenvalue weighted by molar-refractivity contribution is 7.18. The summed E-state index contributed by atoms with van der Waals surface area (Å²) in [5.41, 5.74) is 2.67. The maximum absolute atomic E-state index is 13.0. The first-order valence-corrected chi connectivity index (χ1v) is 12.3. The Morgan fingerprint density at radius 2 is 2.06 bits per heavy atom. The zero-order valence-corrected chi connectivity index (χ0v) is 19.0. The van der Waals surface area contributed by atoms with Gasteiger partial charge in [0.05, 0.1) is 16.6 Å². The van der Waals surface area contributed by atoms with Gasteiger partial charge in [-0.2, -0.15) is 0 Å². The minimum Gasteiger partial charge on any atom is -0.326 e. The lowest BCUT2D eigenvalue weighted by atomic mass is 9.97. The molecular weight excluding hydrogens is 438 g/mol. The van der Waals surface area contributed by atoms with Crippen molar-refractivity contribution in [2.24, 2.45) is 0 Å². The maximum atomic E-state index is 13.0. The smallest absolute Gasteiger partial charge is 0.262 e. The van der Waals surface area contributed by atoms with Gasteiger partial charge in [0.25, 0.3) is 5.56 Å². The minimum atomic E-state index is -0.146. The number of anilines is 1. The van der Waals surface area contributed by atoms with E-state index < -0.39 is 0 Å². The van der Waals surface area contributed by atoms with Gasteiger partial charge in [0.2, 0.25) is 5.91 Å². The summed E-state index contributed by atoms with van der Waals surface area (Å²) in [5, 5.41) is 5.66. The Kier molecular flexibility index (Phi) is 5.89. The van der Waals surface area contributed by atoms with Crippen LogP contribution in [0, 0.1) is 11.8 Å². The number of carbonyl (C=O) groups is 1. The van der Waals surface area contributed by atoms with E-state index in [1.165, 1.54) is 16.9 Å². The Morgan fingerprint density at radius 3 is 2.94 bits per heavy atom. The van der Waals surface area contributed by atoms with E-state index in [0.717, 1.165) is 39.9 Å². The normalized spacial score (nSPS) is 12.8. The molecule has 1 aliphatic carbocycles. The molecule has 7 heteroatoms. The average Bonchev–Trinajstić information content (AvgIpc) is 3.45. The summed E-state index contributed by atoms with van der Waals surface area (Å²) in [4.78, 5) is 33.2. The van der Waals surface area contributed by atoms with Crippen LogP contribution in [0.3, 0.4) is 0 Å². The Labute approximate surface area is 193 Å². The summed E-state index contributed by atoms with van der Waals surface area (Å²) in [5.74, 6) is 6.10. The molecule has 0 unspecified atom stereocenters. The van der Waals surface area contributed by atoms with Crippen LogP contribution in [-0.2, 0) is 24.2 Å². The van der Waals surface area contributed by atoms with E-state index >= 15 is 0 Å². The van der Waals surface area contributed by atoms with Crippen LogP contribution in [0.4, 0.5) is 5.69 Å². The van der Waals surface area contributed by atoms with Crippen LogP contribution in [0.2, 0.25) is 0 Å². The van der Waals surface area contributed by atoms with E-state index in [1.54, 1.807) is 33.6 Å². The van der Waals surface area contributed by atoms with Gasteiger partial charge in [-0.15, -0.1) is 22.7 Å². The third-order valence-electron chi connectivity index (χ3n) is 5.52. The van der Waals surface area contributed by atoms with Crippen LogP contribution >= 0.6 is 22.7 Å². The van der Waals surface area contributed by atoms with Crippen molar-refractivity contribution in [2.75, 3.05) is 5.32 Å². The SMILES string of the molecule is O=C(CCn1cnc2sc3c(c2c1=O)CCCC3)Nc1cccc(C#Cc2cccs2)c1. The molecule has 5 nitrogen and oxygen atoms in total. The number of nitrogens with one attached hydrogen (secondary N) is 1. The Morgan fingerprint density at radius 1 is 1.16 bits per heavy atom. The second-order valence-electron chi connectivity index (χ2n) is 7.74. The number of hydrogen-bond donors (Lipinski definition) is 1. The molecule has 0 spiro atoms. The molecule has 0 saturated heterocycles. The summed E-state index contributed by atoms with van der Waals surface area (Å²) >= 11 is 3.23. The fraction of sp³-hybridized carbons (Fsp3) is 0.240. The maximum Gasteiger partial charge on any atom is 0.262 e. The molecule has 1 N–H and O–H groups in total. The van der Waals surface area contributed by atoms with Gasteiger partial charge in [0.15, 0.2) is 0 Å². The molecular formula is C25H21N3O2S2. The first kappa shape index (κ1) is 20.7. The molecule has 0 bridgehead atoms. The van der Waals surface area contributed by atoms with Crippen LogP contribution in [-0.4, -0.2) is 15.5 Å². The molecule has 3 aromatic heterocycles. The highest BCUT2D eigenvalue weighted by Gasteiger charge is 2.20. The van der Waals surface area contributed by atoms with Gasteiger partial charge < -0.3 is 5.32 Å². The van der Waals surface area contributed by atoms with Crippen LogP contribution in [0.1, 0.15) is 40.1 Å². The number of carbonyl (C=O) groups excluding carboxylic acids is 1. The van der Waals surface area contributed by atoms with Gasteiger partial charge in [-0.05, 0) is 60.9 Å². The van der Waals surface area contributed by atoms with Gasteiger partial charge in [-0.1, -0.05) is 24.0 Å². The molecule has 0 fully saturated rings. The molecule has 0 saturated carbocycles. The predicted molar refractivity (Wildman–Crippen MR) is 131 cm³/mol. The number of fused-ring (bicyclic) bond motifs is 3. The Bertz CT molecular complexity index is 1400. The van der Waals surface area contributed by atoms with Gasteiger partial charge in [-0.3, -0.25) is 14.2 Å². The van der Waals surface area contributed by atoms with E-state index in [-0.39, 0.29) is 17.9 Å². The lowest BCUT2D eigenvalue weighted by Crippen LogP contribution is -2.24. The number of benzene rings is 1. The van der Waals surface area contributed by atoms with Crippen molar-refractivity contribution in [3.63, 3.8) is 0 Å². The second-order valence-corrected chi connectivity index (χ2v) is 9.77. The molecule has 160 valence electrons. The molecule has 1 amide bonds. The number of hydrogen-bond acceptors (Lipinski definition) is 5. The minimum absolute atomic E-state index is 0.0342. The molecule has 4 aromatic rings. The number of nitrogens with zero attached hydrogens (tertiary/aromatic N) is 2. The van der Waals surface area contributed by atoms with Crippen molar-refractivity contribution >= 4 is 44.5 Å². The molecule has 32 heavy (non-hydrogen) atoms. The highest BCUT2D eigenvalue weighted by atomic mass is 32.1. The number of amides is 1. The predicted octanol–water partition coefficient (Wildman–Crippen LogP) is 4.83. The average molecular weight is 460 g/mol. The molecule has 5 rings (SSSR count). The van der Waals surface area contributed by atoms with Crippen LogP contribution in [0.25, 0.3) is 10.2 Å². The quantitative estimate of drug-likeness (QED) is 0.445. The number of aryl methyl sites for hydroxylation is 3. The van der Waals surface area contributed by atoms with E-state index in [9.17, 15) is 9.59 Å². The third-order valence-corrected chi connectivity index (χ3v) is 7.50. The van der Waals surface area contributed by atoms with E-state index in [1.807, 2.05) is 41.8 Å². The zero-order chi connectivity index (χ0) is 21.9. The van der Waals surface area contributed by atoms with Crippen LogP contribution < -0.4 is 10.9 Å². The van der Waals surface area contributed by atoms with Crippen LogP contribution in [0.15, 0.2) is 52.9 Å². The van der Waals surface area contributed by atoms with Crippen molar-refractivity contribution in [2.45, 2.75) is 38.6 Å². The second kappa shape index (κ2) is 9.11. The summed E-state index contributed by atoms with van der Waals surface area (Å²) in [7, 11) is 0. The summed E-state index contributed by atoms with van der Waals surface area (Å²) in [6.45, 7) is 0.302. The zero-order valence-electron chi connectivity index (χ0n) is 17.4. The first-order valence-electron chi connectivity index (χ1n) is 10.6. The lowest BCUT2D eigenvalue weighted by Gasteiger charge is -2.10. The van der Waals surface area contributed by atoms with Gasteiger partial charge in [0.1, 0.15) is 4.83 Å². The lowest BCUT2D eigenvalue weighted by molar-refractivity contribution is -0.116. The first-order chi connectivity index (χ1) is 15.7. The van der Waals surface area contributed by atoms with Gasteiger partial charge in [0, 0.05) is 29.1 Å². The molecule has 0 aliphatic heterocycles. The number of thiophene rings is 2. The molecule has 0 radical (unpaired) electrons. The van der Waals surface area contributed by atoms with Crippen molar-refractivity contribution in [3.05, 3.63) is 79.3 Å². The molecule has 1 aliphatic rings. The molecule has 1 aromatic carbocycles. The molecule has 3 heterocycles. The standard InChI is InChI=1S/C25H21N3O2S2/c29-22(27-18-6-3-5-17(15-18)10-11-19-7-4-14-31-19)12-13-28-16-26-24-23(25(28)30)20-8-1-2-9-21(20)32-24/h3-7,14-16H,1-2,8-9,12-13H2,(H,27,29). The Hall–Kier alpha value is -3.21. The largest absolute Gasteiger partial charge is 0.326 e. The third kappa shape index (κ3) is 4.38. The van der Waals surface area contributed by atoms with E-state index in [4.69, 9.17) is 0 Å². The summed E-state index contributed by atoms with van der Waals surface area (Å²) in [6.07, 6.45) is 6.05. The van der Waals surface area contributed by atoms with Crippen molar-refractivity contribution < 1.29 is 4.79 Å². The van der Waals surface area contributed by atoms with Crippen molar-refractivity contribution in [1.82, 2.24) is 9.55 Å². The number of aromatic nitrogens is 2. The summed E-state index contributed by atoms with van der Waals surface area (Å²) < 4.78 is 1.56. The van der Waals surface area contributed by atoms with E-state index in [0.29, 0.717) is 12.2 Å². The topological polar surface area (TPSA) is 64.0 Å². The van der Waals surface area contributed by atoms with Crippen molar-refractivity contribution in [1.29, 1.82) is 0 Å². The Balaban J connectivity index is 1.26. The summed E-state index contributed by atoms with van der Waals surface area (Å²) in [6, 6.07) is 11.4.